The molecule has 0 aliphatic rings. The highest BCUT2D eigenvalue weighted by molar-refractivity contribution is 5.92. The standard InChI is InChI=1S/C20H16N4O/c21-17-13-22-12-16-18(25)11-19(23-14-7-3-1-4-8-14)24(20(16)17)15-9-5-2-6-10-15/h1-13,23H,21H2. The molecular formula is C20H16N4O. The highest BCUT2D eigenvalue weighted by Gasteiger charge is 2.13. The number of rotatable bonds is 3. The summed E-state index contributed by atoms with van der Waals surface area (Å²) in [6, 6.07) is 21.1. The smallest absolute Gasteiger partial charge is 0.193 e. The number of nitrogens with two attached hydrogens (primary N) is 1. The summed E-state index contributed by atoms with van der Waals surface area (Å²) in [7, 11) is 0. The van der Waals surface area contributed by atoms with Gasteiger partial charge in [-0.1, -0.05) is 36.4 Å². The molecule has 0 spiro atoms. The maximum atomic E-state index is 12.6. The molecule has 0 amide bonds. The molecule has 0 radical (unpaired) electrons. The van der Waals surface area contributed by atoms with Crippen LogP contribution in [0.25, 0.3) is 16.6 Å². The van der Waals surface area contributed by atoms with Crippen LogP contribution in [-0.2, 0) is 0 Å². The Morgan fingerprint density at radius 1 is 0.920 bits per heavy atom. The van der Waals surface area contributed by atoms with Crippen LogP contribution < -0.4 is 16.5 Å². The average molecular weight is 328 g/mol. The fourth-order valence-electron chi connectivity index (χ4n) is 2.89. The second-order valence-corrected chi connectivity index (χ2v) is 5.68. The molecule has 5 heteroatoms. The van der Waals surface area contributed by atoms with Gasteiger partial charge in [0.25, 0.3) is 0 Å². The van der Waals surface area contributed by atoms with Crippen molar-refractivity contribution in [2.75, 3.05) is 11.1 Å². The van der Waals surface area contributed by atoms with Crippen LogP contribution in [-0.4, -0.2) is 9.55 Å². The predicted molar refractivity (Wildman–Crippen MR) is 101 cm³/mol. The van der Waals surface area contributed by atoms with Crippen LogP contribution in [0.1, 0.15) is 0 Å². The minimum atomic E-state index is -0.125. The van der Waals surface area contributed by atoms with Crippen LogP contribution in [0, 0.1) is 0 Å². The summed E-state index contributed by atoms with van der Waals surface area (Å²) < 4.78 is 1.95. The van der Waals surface area contributed by atoms with Gasteiger partial charge in [-0.05, 0) is 24.3 Å². The van der Waals surface area contributed by atoms with Gasteiger partial charge in [0.15, 0.2) is 5.43 Å². The molecule has 25 heavy (non-hydrogen) atoms. The van der Waals surface area contributed by atoms with Crippen molar-refractivity contribution in [1.82, 2.24) is 9.55 Å². The molecule has 0 bridgehead atoms. The second kappa shape index (κ2) is 6.13. The number of nitrogens with one attached hydrogen (secondary N) is 1. The number of pyridine rings is 2. The molecule has 0 fully saturated rings. The van der Waals surface area contributed by atoms with E-state index in [1.165, 1.54) is 0 Å². The van der Waals surface area contributed by atoms with Gasteiger partial charge in [-0.2, -0.15) is 0 Å². The van der Waals surface area contributed by atoms with Gasteiger partial charge in [-0.25, -0.2) is 0 Å². The SMILES string of the molecule is Nc1cncc2c(=O)cc(Nc3ccccc3)n(-c3ccccc3)c12. The van der Waals surface area contributed by atoms with Crippen molar-refractivity contribution in [3.63, 3.8) is 0 Å². The molecule has 0 saturated carbocycles. The first-order valence-electron chi connectivity index (χ1n) is 7.91. The maximum absolute atomic E-state index is 12.6. The molecular weight excluding hydrogens is 312 g/mol. The van der Waals surface area contributed by atoms with Crippen molar-refractivity contribution in [2.45, 2.75) is 0 Å². The Hall–Kier alpha value is -3.60. The van der Waals surface area contributed by atoms with Gasteiger partial charge in [-0.15, -0.1) is 0 Å². The third kappa shape index (κ3) is 2.72. The first kappa shape index (κ1) is 15.0. The summed E-state index contributed by atoms with van der Waals surface area (Å²) in [5, 5.41) is 3.81. The van der Waals surface area contributed by atoms with E-state index in [-0.39, 0.29) is 5.43 Å². The molecule has 4 rings (SSSR count). The minimum Gasteiger partial charge on any atom is -0.396 e. The molecule has 2 heterocycles. The molecule has 0 saturated heterocycles. The van der Waals surface area contributed by atoms with Crippen LogP contribution >= 0.6 is 0 Å². The zero-order valence-corrected chi connectivity index (χ0v) is 13.4. The van der Waals surface area contributed by atoms with Gasteiger partial charge in [-0.3, -0.25) is 14.3 Å². The van der Waals surface area contributed by atoms with Gasteiger partial charge >= 0.3 is 0 Å². The summed E-state index contributed by atoms with van der Waals surface area (Å²) in [6.45, 7) is 0. The number of nitrogens with zero attached hydrogens (tertiary/aromatic N) is 2. The van der Waals surface area contributed by atoms with E-state index in [0.29, 0.717) is 22.4 Å². The maximum Gasteiger partial charge on any atom is 0.193 e. The first-order valence-corrected chi connectivity index (χ1v) is 7.91. The highest BCUT2D eigenvalue weighted by Crippen LogP contribution is 2.27. The molecule has 4 aromatic rings. The van der Waals surface area contributed by atoms with E-state index in [9.17, 15) is 4.79 Å². The molecule has 2 aromatic carbocycles. The van der Waals surface area contributed by atoms with Crippen molar-refractivity contribution in [1.29, 1.82) is 0 Å². The average Bonchev–Trinajstić information content (AvgIpc) is 2.64. The Bertz CT molecular complexity index is 1090. The van der Waals surface area contributed by atoms with Crippen molar-refractivity contribution in [3.05, 3.63) is 89.3 Å². The van der Waals surface area contributed by atoms with E-state index in [2.05, 4.69) is 10.3 Å². The number of hydrogen-bond acceptors (Lipinski definition) is 4. The fourth-order valence-corrected chi connectivity index (χ4v) is 2.89. The van der Waals surface area contributed by atoms with E-state index in [4.69, 9.17) is 5.73 Å². The van der Waals surface area contributed by atoms with Crippen molar-refractivity contribution in [3.8, 4) is 5.69 Å². The van der Waals surface area contributed by atoms with Crippen molar-refractivity contribution < 1.29 is 0 Å². The lowest BCUT2D eigenvalue weighted by Crippen LogP contribution is -2.14. The third-order valence-corrected chi connectivity index (χ3v) is 4.00. The lowest BCUT2D eigenvalue weighted by molar-refractivity contribution is 1.10. The Morgan fingerprint density at radius 2 is 1.60 bits per heavy atom. The van der Waals surface area contributed by atoms with Gasteiger partial charge in [0.1, 0.15) is 5.82 Å². The summed E-state index contributed by atoms with van der Waals surface area (Å²) in [5.41, 5.74) is 8.94. The van der Waals surface area contributed by atoms with E-state index in [0.717, 1.165) is 11.4 Å². The monoisotopic (exact) mass is 328 g/mol. The largest absolute Gasteiger partial charge is 0.396 e. The Kier molecular flexibility index (Phi) is 3.67. The normalized spacial score (nSPS) is 10.7. The number of aromatic nitrogens is 2. The summed E-state index contributed by atoms with van der Waals surface area (Å²) >= 11 is 0. The number of anilines is 3. The van der Waals surface area contributed by atoms with Crippen LogP contribution in [0.15, 0.2) is 83.9 Å². The molecule has 0 unspecified atom stereocenters. The minimum absolute atomic E-state index is 0.125. The topological polar surface area (TPSA) is 72.9 Å². The van der Waals surface area contributed by atoms with Gasteiger partial charge in [0.2, 0.25) is 0 Å². The number of benzene rings is 2. The summed E-state index contributed by atoms with van der Waals surface area (Å²) in [6.07, 6.45) is 3.12. The molecule has 0 aliphatic carbocycles. The molecule has 0 aliphatic heterocycles. The van der Waals surface area contributed by atoms with Gasteiger partial charge in [0, 0.05) is 23.6 Å². The molecule has 2 aromatic heterocycles. The van der Waals surface area contributed by atoms with Crippen LogP contribution in [0.2, 0.25) is 0 Å². The van der Waals surface area contributed by atoms with E-state index in [1.807, 2.05) is 65.2 Å². The third-order valence-electron chi connectivity index (χ3n) is 4.00. The summed E-state index contributed by atoms with van der Waals surface area (Å²) in [5.74, 6) is 0.646. The Morgan fingerprint density at radius 3 is 2.32 bits per heavy atom. The highest BCUT2D eigenvalue weighted by atomic mass is 16.1. The summed E-state index contributed by atoms with van der Waals surface area (Å²) in [4.78, 5) is 16.6. The molecule has 0 atom stereocenters. The Balaban J connectivity index is 2.05. The Labute approximate surface area is 144 Å². The second-order valence-electron chi connectivity index (χ2n) is 5.68. The van der Waals surface area contributed by atoms with Crippen LogP contribution in [0.5, 0.6) is 0 Å². The van der Waals surface area contributed by atoms with Crippen molar-refractivity contribution >= 4 is 28.1 Å². The zero-order valence-electron chi connectivity index (χ0n) is 13.4. The zero-order chi connectivity index (χ0) is 17.2. The van der Waals surface area contributed by atoms with E-state index in [1.54, 1.807) is 18.5 Å². The first-order chi connectivity index (χ1) is 12.2. The lowest BCUT2D eigenvalue weighted by atomic mass is 10.2. The van der Waals surface area contributed by atoms with Crippen LogP contribution in [0.3, 0.4) is 0 Å². The fraction of sp³-hybridized carbons (Fsp3) is 0. The molecule has 3 N–H and O–H groups in total. The number of para-hydroxylation sites is 2. The number of nitrogen functional groups attached to an aromatic ring is 1. The number of fused-ring (bicyclic) bond motifs is 1. The quantitative estimate of drug-likeness (QED) is 0.601. The molecule has 122 valence electrons. The van der Waals surface area contributed by atoms with Gasteiger partial charge < -0.3 is 11.1 Å². The van der Waals surface area contributed by atoms with E-state index < -0.39 is 0 Å². The van der Waals surface area contributed by atoms with Crippen LogP contribution in [0.4, 0.5) is 17.2 Å². The number of hydrogen-bond donors (Lipinski definition) is 2. The predicted octanol–water partition coefficient (Wildman–Crippen LogP) is 3.71. The van der Waals surface area contributed by atoms with E-state index >= 15 is 0 Å². The van der Waals surface area contributed by atoms with Crippen molar-refractivity contribution in [2.24, 2.45) is 0 Å². The lowest BCUT2D eigenvalue weighted by Gasteiger charge is -2.19. The van der Waals surface area contributed by atoms with Gasteiger partial charge in [0.05, 0.1) is 22.8 Å². The molecule has 5 nitrogen and oxygen atoms in total.